The Hall–Kier alpha value is -2.13. The minimum absolute atomic E-state index is 0.0880. The molecule has 0 bridgehead atoms. The van der Waals surface area contributed by atoms with Crippen LogP contribution in [0, 0.1) is 11.3 Å². The van der Waals surface area contributed by atoms with Crippen molar-refractivity contribution in [3.8, 4) is 6.07 Å². The van der Waals surface area contributed by atoms with Gasteiger partial charge < -0.3 is 9.88 Å². The molecule has 0 aliphatic heterocycles. The minimum Gasteiger partial charge on any atom is -0.360 e. The molecule has 1 atom stereocenters. The first-order valence-corrected chi connectivity index (χ1v) is 5.66. The van der Waals surface area contributed by atoms with Gasteiger partial charge >= 0.3 is 0 Å². The highest BCUT2D eigenvalue weighted by Crippen LogP contribution is 2.18. The third-order valence-corrected chi connectivity index (χ3v) is 2.61. The first kappa shape index (κ1) is 12.3. The lowest BCUT2D eigenvalue weighted by Gasteiger charge is -2.13. The third kappa shape index (κ3) is 2.57. The lowest BCUT2D eigenvalue weighted by atomic mass is 10.2. The summed E-state index contributed by atoms with van der Waals surface area (Å²) >= 11 is 5.83. The smallest absolute Gasteiger partial charge is 0.154 e. The fourth-order valence-electron chi connectivity index (χ4n) is 1.61. The first-order chi connectivity index (χ1) is 8.60. The van der Waals surface area contributed by atoms with Crippen LogP contribution in [0.1, 0.15) is 24.4 Å². The topological polar surface area (TPSA) is 79.4 Å². The summed E-state index contributed by atoms with van der Waals surface area (Å²) in [6.45, 7) is 1.93. The molecule has 0 saturated heterocycles. The van der Waals surface area contributed by atoms with Crippen LogP contribution in [0.5, 0.6) is 0 Å². The van der Waals surface area contributed by atoms with Gasteiger partial charge in [-0.2, -0.15) is 5.26 Å². The van der Waals surface area contributed by atoms with E-state index in [9.17, 15) is 0 Å². The average molecular weight is 263 g/mol. The second-order valence-corrected chi connectivity index (χ2v) is 4.23. The molecule has 0 radical (unpaired) electrons. The molecule has 6 nitrogen and oxygen atoms in total. The summed E-state index contributed by atoms with van der Waals surface area (Å²) in [5.41, 5.74) is 0.461. The Balaban J connectivity index is 2.22. The summed E-state index contributed by atoms with van der Waals surface area (Å²) < 4.78 is 1.81. The van der Waals surface area contributed by atoms with E-state index in [4.69, 9.17) is 16.9 Å². The molecule has 0 spiro atoms. The van der Waals surface area contributed by atoms with E-state index in [-0.39, 0.29) is 11.2 Å². The number of rotatable bonds is 3. The zero-order chi connectivity index (χ0) is 13.1. The number of anilines is 1. The summed E-state index contributed by atoms with van der Waals surface area (Å²) in [6.07, 6.45) is 1.62. The van der Waals surface area contributed by atoms with Crippen molar-refractivity contribution < 1.29 is 0 Å². The van der Waals surface area contributed by atoms with Gasteiger partial charge in [0.25, 0.3) is 0 Å². The highest BCUT2D eigenvalue weighted by atomic mass is 35.5. The van der Waals surface area contributed by atoms with E-state index in [1.807, 2.05) is 24.6 Å². The Bertz CT molecular complexity index is 600. The standard InChI is InChI=1S/C11H11ClN6/c1-7(11-17-14-6-18(11)2)15-10-4-8(5-13)3-9(12)16-10/h3-4,6-7H,1-2H3,(H,15,16). The lowest BCUT2D eigenvalue weighted by molar-refractivity contribution is 0.716. The summed E-state index contributed by atoms with van der Waals surface area (Å²) in [5.74, 6) is 1.31. The van der Waals surface area contributed by atoms with E-state index in [2.05, 4.69) is 20.5 Å². The Morgan fingerprint density at radius 2 is 2.28 bits per heavy atom. The predicted octanol–water partition coefficient (Wildman–Crippen LogP) is 1.91. The van der Waals surface area contributed by atoms with Crippen LogP contribution >= 0.6 is 11.6 Å². The quantitative estimate of drug-likeness (QED) is 0.855. The van der Waals surface area contributed by atoms with Gasteiger partial charge in [-0.15, -0.1) is 10.2 Å². The minimum atomic E-state index is -0.0880. The molecule has 92 valence electrons. The van der Waals surface area contributed by atoms with Gasteiger partial charge in [-0.1, -0.05) is 11.6 Å². The van der Waals surface area contributed by atoms with Gasteiger partial charge in [0.2, 0.25) is 0 Å². The zero-order valence-corrected chi connectivity index (χ0v) is 10.7. The summed E-state index contributed by atoms with van der Waals surface area (Å²) in [5, 5.41) is 20.1. The van der Waals surface area contributed by atoms with Crippen LogP contribution in [0.2, 0.25) is 5.15 Å². The summed E-state index contributed by atoms with van der Waals surface area (Å²) in [6, 6.07) is 5.09. The molecule has 18 heavy (non-hydrogen) atoms. The molecular weight excluding hydrogens is 252 g/mol. The fourth-order valence-corrected chi connectivity index (χ4v) is 1.81. The number of pyridine rings is 1. The molecule has 0 aliphatic rings. The zero-order valence-electron chi connectivity index (χ0n) is 9.92. The molecule has 0 aromatic carbocycles. The molecule has 2 aromatic rings. The number of aromatic nitrogens is 4. The van der Waals surface area contributed by atoms with Crippen molar-refractivity contribution in [2.45, 2.75) is 13.0 Å². The van der Waals surface area contributed by atoms with Gasteiger partial charge in [0, 0.05) is 7.05 Å². The van der Waals surface area contributed by atoms with E-state index in [1.54, 1.807) is 12.4 Å². The summed E-state index contributed by atoms with van der Waals surface area (Å²) in [4.78, 5) is 4.11. The molecule has 2 rings (SSSR count). The molecule has 0 saturated carbocycles. The van der Waals surface area contributed by atoms with Crippen molar-refractivity contribution in [2.24, 2.45) is 7.05 Å². The molecular formula is C11H11ClN6. The van der Waals surface area contributed by atoms with Crippen molar-refractivity contribution in [1.82, 2.24) is 19.7 Å². The van der Waals surface area contributed by atoms with Gasteiger partial charge in [-0.3, -0.25) is 0 Å². The number of hydrogen-bond acceptors (Lipinski definition) is 5. The van der Waals surface area contributed by atoms with E-state index in [0.29, 0.717) is 11.4 Å². The molecule has 0 aliphatic carbocycles. The Morgan fingerprint density at radius 1 is 1.50 bits per heavy atom. The molecule has 1 unspecified atom stereocenters. The monoisotopic (exact) mass is 262 g/mol. The Morgan fingerprint density at radius 3 is 2.89 bits per heavy atom. The number of halogens is 1. The van der Waals surface area contributed by atoms with Crippen LogP contribution < -0.4 is 5.32 Å². The Kier molecular flexibility index (Phi) is 3.44. The van der Waals surface area contributed by atoms with Gasteiger partial charge in [0.15, 0.2) is 5.82 Å². The normalized spacial score (nSPS) is 11.9. The number of aryl methyl sites for hydroxylation is 1. The molecule has 2 aromatic heterocycles. The average Bonchev–Trinajstić information content (AvgIpc) is 2.74. The number of nitrogens with zero attached hydrogens (tertiary/aromatic N) is 5. The van der Waals surface area contributed by atoms with Gasteiger partial charge in [-0.05, 0) is 19.1 Å². The van der Waals surface area contributed by atoms with Crippen LogP contribution in [0.4, 0.5) is 5.82 Å². The first-order valence-electron chi connectivity index (χ1n) is 5.28. The predicted molar refractivity (Wildman–Crippen MR) is 67.0 cm³/mol. The van der Waals surface area contributed by atoms with Crippen molar-refractivity contribution >= 4 is 17.4 Å². The maximum absolute atomic E-state index is 8.86. The van der Waals surface area contributed by atoms with Crippen molar-refractivity contribution in [3.63, 3.8) is 0 Å². The van der Waals surface area contributed by atoms with Crippen LogP contribution in [0.3, 0.4) is 0 Å². The van der Waals surface area contributed by atoms with Gasteiger partial charge in [0.1, 0.15) is 17.3 Å². The van der Waals surface area contributed by atoms with Gasteiger partial charge in [-0.25, -0.2) is 4.98 Å². The number of nitriles is 1. The van der Waals surface area contributed by atoms with Crippen LogP contribution in [0.15, 0.2) is 18.5 Å². The van der Waals surface area contributed by atoms with Crippen molar-refractivity contribution in [3.05, 3.63) is 35.0 Å². The highest BCUT2D eigenvalue weighted by Gasteiger charge is 2.12. The highest BCUT2D eigenvalue weighted by molar-refractivity contribution is 6.29. The molecule has 7 heteroatoms. The summed E-state index contributed by atoms with van der Waals surface area (Å²) in [7, 11) is 1.86. The van der Waals surface area contributed by atoms with Crippen LogP contribution in [-0.4, -0.2) is 19.7 Å². The second kappa shape index (κ2) is 5.02. The van der Waals surface area contributed by atoms with Crippen LogP contribution in [-0.2, 0) is 7.05 Å². The van der Waals surface area contributed by atoms with Crippen molar-refractivity contribution in [1.29, 1.82) is 5.26 Å². The Labute approximate surface area is 109 Å². The second-order valence-electron chi connectivity index (χ2n) is 3.84. The SMILES string of the molecule is CC(Nc1cc(C#N)cc(Cl)n1)c1nncn1C. The molecule has 2 heterocycles. The van der Waals surface area contributed by atoms with Crippen LogP contribution in [0.25, 0.3) is 0 Å². The maximum atomic E-state index is 8.86. The van der Waals surface area contributed by atoms with E-state index >= 15 is 0 Å². The van der Waals surface area contributed by atoms with Gasteiger partial charge in [0.05, 0.1) is 17.7 Å². The molecule has 1 N–H and O–H groups in total. The molecule has 0 fully saturated rings. The van der Waals surface area contributed by atoms with E-state index in [0.717, 1.165) is 5.82 Å². The maximum Gasteiger partial charge on any atom is 0.154 e. The fraction of sp³-hybridized carbons (Fsp3) is 0.273. The molecule has 0 amide bonds. The number of hydrogen-bond donors (Lipinski definition) is 1. The van der Waals surface area contributed by atoms with E-state index < -0.39 is 0 Å². The van der Waals surface area contributed by atoms with E-state index in [1.165, 1.54) is 6.07 Å². The largest absolute Gasteiger partial charge is 0.360 e. The number of nitrogens with one attached hydrogen (secondary N) is 1. The third-order valence-electron chi connectivity index (χ3n) is 2.42. The van der Waals surface area contributed by atoms with Crippen molar-refractivity contribution in [2.75, 3.05) is 5.32 Å². The lowest BCUT2D eigenvalue weighted by Crippen LogP contribution is -2.12.